The lowest BCUT2D eigenvalue weighted by atomic mass is 9.75. The van der Waals surface area contributed by atoms with E-state index in [9.17, 15) is 4.79 Å². The molecule has 14 heavy (non-hydrogen) atoms. The van der Waals surface area contributed by atoms with Crippen molar-refractivity contribution in [3.63, 3.8) is 0 Å². The molecule has 0 heterocycles. The maximum Gasteiger partial charge on any atom is 0.145 e. The standard InChI is InChI=1S/C13H22O/c1-10(9-14)5-7-12-8-6-11(2)13(12,3)4/h5,9,11-12H,6-8H2,1-4H3/b10-5-. The SMILES string of the molecule is C/C(C=O)=C/CC1CCC(C)C1(C)C. The average molecular weight is 194 g/mol. The lowest BCUT2D eigenvalue weighted by molar-refractivity contribution is -0.104. The van der Waals surface area contributed by atoms with Crippen LogP contribution in [0.2, 0.25) is 0 Å². The fourth-order valence-electron chi connectivity index (χ4n) is 2.40. The second kappa shape index (κ2) is 4.29. The van der Waals surface area contributed by atoms with Gasteiger partial charge in [0.05, 0.1) is 0 Å². The summed E-state index contributed by atoms with van der Waals surface area (Å²) in [5.74, 6) is 1.57. The zero-order chi connectivity index (χ0) is 10.8. The predicted octanol–water partition coefficient (Wildman–Crippen LogP) is 3.59. The average Bonchev–Trinajstić information content (AvgIpc) is 2.39. The third-order valence-corrected chi connectivity index (χ3v) is 4.18. The third kappa shape index (κ3) is 2.26. The van der Waals surface area contributed by atoms with Crippen LogP contribution in [0.5, 0.6) is 0 Å². The van der Waals surface area contributed by atoms with Gasteiger partial charge in [-0.1, -0.05) is 26.8 Å². The van der Waals surface area contributed by atoms with Gasteiger partial charge in [0.25, 0.3) is 0 Å². The zero-order valence-corrected chi connectivity index (χ0v) is 9.84. The van der Waals surface area contributed by atoms with Crippen LogP contribution in [0.3, 0.4) is 0 Å². The molecule has 1 nitrogen and oxygen atoms in total. The molecule has 1 aliphatic rings. The smallest absolute Gasteiger partial charge is 0.145 e. The molecule has 0 aliphatic heterocycles. The Bertz CT molecular complexity index is 238. The Labute approximate surface area is 87.6 Å². The first kappa shape index (κ1) is 11.5. The minimum absolute atomic E-state index is 0.444. The lowest BCUT2D eigenvalue weighted by Crippen LogP contribution is -2.22. The van der Waals surface area contributed by atoms with Crippen molar-refractivity contribution in [2.45, 2.75) is 47.0 Å². The van der Waals surface area contributed by atoms with E-state index in [-0.39, 0.29) is 0 Å². The number of aldehydes is 1. The first-order chi connectivity index (χ1) is 6.48. The molecule has 0 aromatic heterocycles. The molecule has 0 aromatic carbocycles. The van der Waals surface area contributed by atoms with E-state index in [0.29, 0.717) is 5.41 Å². The summed E-state index contributed by atoms with van der Waals surface area (Å²) in [6.45, 7) is 8.95. The van der Waals surface area contributed by atoms with E-state index in [4.69, 9.17) is 0 Å². The van der Waals surface area contributed by atoms with Gasteiger partial charge in [-0.3, -0.25) is 4.79 Å². The maximum absolute atomic E-state index is 10.5. The number of allylic oxidation sites excluding steroid dienone is 2. The van der Waals surface area contributed by atoms with Gasteiger partial charge in [-0.05, 0) is 49.0 Å². The predicted molar refractivity (Wildman–Crippen MR) is 60.1 cm³/mol. The van der Waals surface area contributed by atoms with Gasteiger partial charge in [-0.15, -0.1) is 0 Å². The Morgan fingerprint density at radius 1 is 1.43 bits per heavy atom. The topological polar surface area (TPSA) is 17.1 Å². The summed E-state index contributed by atoms with van der Waals surface area (Å²) in [7, 11) is 0. The van der Waals surface area contributed by atoms with E-state index in [1.54, 1.807) is 0 Å². The van der Waals surface area contributed by atoms with Crippen LogP contribution >= 0.6 is 0 Å². The van der Waals surface area contributed by atoms with Crippen LogP contribution in [0.4, 0.5) is 0 Å². The molecule has 0 amide bonds. The Morgan fingerprint density at radius 2 is 2.07 bits per heavy atom. The van der Waals surface area contributed by atoms with Crippen LogP contribution in [0, 0.1) is 17.3 Å². The lowest BCUT2D eigenvalue weighted by Gasteiger charge is -2.30. The van der Waals surface area contributed by atoms with Gasteiger partial charge in [-0.25, -0.2) is 0 Å². The quantitative estimate of drug-likeness (QED) is 0.495. The van der Waals surface area contributed by atoms with Crippen LogP contribution in [-0.4, -0.2) is 6.29 Å². The van der Waals surface area contributed by atoms with Crippen LogP contribution in [0.1, 0.15) is 47.0 Å². The second-order valence-corrected chi connectivity index (χ2v) is 5.30. The van der Waals surface area contributed by atoms with Crippen molar-refractivity contribution in [3.8, 4) is 0 Å². The molecule has 2 atom stereocenters. The molecule has 0 radical (unpaired) electrons. The van der Waals surface area contributed by atoms with Gasteiger partial charge in [0.15, 0.2) is 0 Å². The van der Waals surface area contributed by atoms with Crippen LogP contribution < -0.4 is 0 Å². The Balaban J connectivity index is 2.59. The van der Waals surface area contributed by atoms with Crippen molar-refractivity contribution < 1.29 is 4.79 Å². The number of carbonyl (C=O) groups is 1. The van der Waals surface area contributed by atoms with Gasteiger partial charge in [0.2, 0.25) is 0 Å². The molecule has 0 bridgehead atoms. The van der Waals surface area contributed by atoms with Gasteiger partial charge in [0.1, 0.15) is 6.29 Å². The Morgan fingerprint density at radius 3 is 2.50 bits per heavy atom. The van der Waals surface area contributed by atoms with E-state index in [1.807, 2.05) is 6.92 Å². The van der Waals surface area contributed by atoms with Gasteiger partial charge < -0.3 is 0 Å². The normalized spacial score (nSPS) is 31.9. The molecular formula is C13H22O. The molecule has 80 valence electrons. The van der Waals surface area contributed by atoms with Crippen LogP contribution in [-0.2, 0) is 4.79 Å². The molecule has 1 rings (SSSR count). The van der Waals surface area contributed by atoms with Crippen molar-refractivity contribution in [1.29, 1.82) is 0 Å². The fourth-order valence-corrected chi connectivity index (χ4v) is 2.40. The molecule has 0 spiro atoms. The van der Waals surface area contributed by atoms with E-state index in [2.05, 4.69) is 26.8 Å². The summed E-state index contributed by atoms with van der Waals surface area (Å²) in [5, 5.41) is 0. The molecule has 2 unspecified atom stereocenters. The van der Waals surface area contributed by atoms with Gasteiger partial charge in [-0.2, -0.15) is 0 Å². The van der Waals surface area contributed by atoms with E-state index in [0.717, 1.165) is 30.1 Å². The first-order valence-corrected chi connectivity index (χ1v) is 5.60. The minimum atomic E-state index is 0.444. The monoisotopic (exact) mass is 194 g/mol. The highest BCUT2D eigenvalue weighted by molar-refractivity contribution is 5.71. The van der Waals surface area contributed by atoms with Crippen LogP contribution in [0.25, 0.3) is 0 Å². The summed E-state index contributed by atoms with van der Waals surface area (Å²) in [5.41, 5.74) is 1.32. The minimum Gasteiger partial charge on any atom is -0.298 e. The summed E-state index contributed by atoms with van der Waals surface area (Å²) < 4.78 is 0. The molecule has 0 saturated heterocycles. The van der Waals surface area contributed by atoms with Crippen molar-refractivity contribution in [2.75, 3.05) is 0 Å². The third-order valence-electron chi connectivity index (χ3n) is 4.18. The summed E-state index contributed by atoms with van der Waals surface area (Å²) in [6.07, 6.45) is 6.77. The maximum atomic E-state index is 10.5. The highest BCUT2D eigenvalue weighted by Gasteiger charge is 2.39. The first-order valence-electron chi connectivity index (χ1n) is 5.60. The Hall–Kier alpha value is -0.590. The van der Waals surface area contributed by atoms with E-state index < -0.39 is 0 Å². The van der Waals surface area contributed by atoms with Crippen LogP contribution in [0.15, 0.2) is 11.6 Å². The molecule has 1 saturated carbocycles. The molecule has 0 aromatic rings. The molecule has 0 N–H and O–H groups in total. The highest BCUT2D eigenvalue weighted by atomic mass is 16.1. The molecule has 1 heteroatoms. The van der Waals surface area contributed by atoms with Gasteiger partial charge in [0, 0.05) is 0 Å². The number of rotatable bonds is 3. The highest BCUT2D eigenvalue weighted by Crippen LogP contribution is 2.48. The number of hydrogen-bond donors (Lipinski definition) is 0. The zero-order valence-electron chi connectivity index (χ0n) is 9.84. The Kier molecular flexibility index (Phi) is 3.52. The second-order valence-electron chi connectivity index (χ2n) is 5.30. The number of carbonyl (C=O) groups excluding carboxylic acids is 1. The van der Waals surface area contributed by atoms with E-state index >= 15 is 0 Å². The summed E-state index contributed by atoms with van der Waals surface area (Å²) in [6, 6.07) is 0. The van der Waals surface area contributed by atoms with Gasteiger partial charge >= 0.3 is 0 Å². The molecule has 1 fully saturated rings. The molecule has 1 aliphatic carbocycles. The van der Waals surface area contributed by atoms with Crippen molar-refractivity contribution in [3.05, 3.63) is 11.6 Å². The van der Waals surface area contributed by atoms with Crippen molar-refractivity contribution in [2.24, 2.45) is 17.3 Å². The fraction of sp³-hybridized carbons (Fsp3) is 0.769. The largest absolute Gasteiger partial charge is 0.298 e. The van der Waals surface area contributed by atoms with Crippen molar-refractivity contribution >= 4 is 6.29 Å². The van der Waals surface area contributed by atoms with Crippen molar-refractivity contribution in [1.82, 2.24) is 0 Å². The summed E-state index contributed by atoms with van der Waals surface area (Å²) in [4.78, 5) is 10.5. The van der Waals surface area contributed by atoms with E-state index in [1.165, 1.54) is 12.8 Å². The summed E-state index contributed by atoms with van der Waals surface area (Å²) >= 11 is 0. The molecular weight excluding hydrogens is 172 g/mol. The number of hydrogen-bond acceptors (Lipinski definition) is 1.